The number of nitrogens with one attached hydrogen (secondary N) is 3. The fourth-order valence-electron chi connectivity index (χ4n) is 5.39. The highest BCUT2D eigenvalue weighted by Gasteiger charge is 2.42. The molecule has 194 valence electrons. The highest BCUT2D eigenvalue weighted by atomic mass is 16.5. The first kappa shape index (κ1) is 26.3. The fourth-order valence-corrected chi connectivity index (χ4v) is 5.39. The molecule has 37 heavy (non-hydrogen) atoms. The molecular formula is C30H36N4O3. The lowest BCUT2D eigenvalue weighted by Crippen LogP contribution is -2.62. The highest BCUT2D eigenvalue weighted by molar-refractivity contribution is 6.00. The molecule has 2 heterocycles. The largest absolute Gasteiger partial charge is 0.487 e. The van der Waals surface area contributed by atoms with Gasteiger partial charge in [0.05, 0.1) is 18.5 Å². The number of para-hydroxylation sites is 1. The average Bonchev–Trinajstić information content (AvgIpc) is 2.87. The van der Waals surface area contributed by atoms with Gasteiger partial charge in [0.15, 0.2) is 5.96 Å². The van der Waals surface area contributed by atoms with E-state index in [9.17, 15) is 9.59 Å². The van der Waals surface area contributed by atoms with E-state index < -0.39 is 17.2 Å². The summed E-state index contributed by atoms with van der Waals surface area (Å²) in [6.07, 6.45) is 8.34. The first-order valence-electron chi connectivity index (χ1n) is 12.9. The molecule has 2 aromatic rings. The lowest BCUT2D eigenvalue weighted by Gasteiger charge is -2.44. The molecule has 0 radical (unpaired) electrons. The Morgan fingerprint density at radius 3 is 2.65 bits per heavy atom. The van der Waals surface area contributed by atoms with Gasteiger partial charge in [0.1, 0.15) is 11.4 Å². The number of terminal acetylenes is 1. The first-order chi connectivity index (χ1) is 17.6. The summed E-state index contributed by atoms with van der Waals surface area (Å²) in [5.41, 5.74) is 1.31. The van der Waals surface area contributed by atoms with Crippen molar-refractivity contribution in [2.45, 2.75) is 83.0 Å². The van der Waals surface area contributed by atoms with Crippen LogP contribution < -0.4 is 15.4 Å². The summed E-state index contributed by atoms with van der Waals surface area (Å²) in [6.45, 7) is 8.06. The van der Waals surface area contributed by atoms with Gasteiger partial charge in [0.2, 0.25) is 5.91 Å². The van der Waals surface area contributed by atoms with Crippen LogP contribution in [0.25, 0.3) is 0 Å². The Kier molecular flexibility index (Phi) is 7.31. The number of rotatable bonds is 7. The molecule has 1 fully saturated rings. The Balaban J connectivity index is 1.59. The van der Waals surface area contributed by atoms with Crippen LogP contribution in [0.3, 0.4) is 0 Å². The smallest absolute Gasteiger partial charge is 0.251 e. The summed E-state index contributed by atoms with van der Waals surface area (Å²) in [4.78, 5) is 28.1. The van der Waals surface area contributed by atoms with Crippen molar-refractivity contribution in [2.24, 2.45) is 0 Å². The van der Waals surface area contributed by atoms with Crippen molar-refractivity contribution in [2.75, 3.05) is 0 Å². The lowest BCUT2D eigenvalue weighted by atomic mass is 9.86. The predicted octanol–water partition coefficient (Wildman–Crippen LogP) is 5.10. The van der Waals surface area contributed by atoms with Gasteiger partial charge in [-0.2, -0.15) is 0 Å². The molecule has 0 aromatic heterocycles. The summed E-state index contributed by atoms with van der Waals surface area (Å²) in [5, 5.41) is 15.1. The molecule has 1 saturated heterocycles. The van der Waals surface area contributed by atoms with E-state index in [2.05, 4.69) is 16.6 Å². The summed E-state index contributed by atoms with van der Waals surface area (Å²) < 4.78 is 6.10. The number of benzene rings is 2. The Bertz CT molecular complexity index is 1220. The van der Waals surface area contributed by atoms with Gasteiger partial charge in [0.25, 0.3) is 5.91 Å². The van der Waals surface area contributed by atoms with E-state index >= 15 is 0 Å². The minimum Gasteiger partial charge on any atom is -0.487 e. The van der Waals surface area contributed by atoms with Gasteiger partial charge >= 0.3 is 0 Å². The van der Waals surface area contributed by atoms with Crippen LogP contribution in [0.2, 0.25) is 0 Å². The Labute approximate surface area is 219 Å². The van der Waals surface area contributed by atoms with E-state index in [1.54, 1.807) is 18.2 Å². The molecule has 1 unspecified atom stereocenters. The van der Waals surface area contributed by atoms with Crippen molar-refractivity contribution in [3.8, 4) is 18.1 Å². The quantitative estimate of drug-likeness (QED) is 0.461. The molecule has 2 aliphatic heterocycles. The summed E-state index contributed by atoms with van der Waals surface area (Å²) in [5.74, 6) is 3.13. The summed E-state index contributed by atoms with van der Waals surface area (Å²) in [6, 6.07) is 14.2. The van der Waals surface area contributed by atoms with E-state index in [0.717, 1.165) is 29.7 Å². The van der Waals surface area contributed by atoms with Crippen LogP contribution in [0.5, 0.6) is 5.75 Å². The second kappa shape index (κ2) is 10.3. The third kappa shape index (κ3) is 5.34. The molecule has 0 spiro atoms. The van der Waals surface area contributed by atoms with Crippen molar-refractivity contribution in [1.29, 1.82) is 5.41 Å². The number of ether oxygens (including phenoxy) is 1. The number of hydrogen-bond acceptors (Lipinski definition) is 4. The normalized spacial score (nSPS) is 20.6. The van der Waals surface area contributed by atoms with E-state index in [1.165, 1.54) is 4.90 Å². The molecule has 7 heteroatoms. The zero-order valence-electron chi connectivity index (χ0n) is 22.1. The molecule has 0 aliphatic carbocycles. The molecular weight excluding hydrogens is 464 g/mol. The maximum Gasteiger partial charge on any atom is 0.251 e. The maximum absolute atomic E-state index is 13.4. The van der Waals surface area contributed by atoms with Crippen LogP contribution in [0, 0.1) is 17.8 Å². The van der Waals surface area contributed by atoms with Gasteiger partial charge in [-0.25, -0.2) is 0 Å². The van der Waals surface area contributed by atoms with Crippen molar-refractivity contribution in [1.82, 2.24) is 15.5 Å². The first-order valence-corrected chi connectivity index (χ1v) is 12.9. The highest BCUT2D eigenvalue weighted by Crippen LogP contribution is 2.39. The van der Waals surface area contributed by atoms with Crippen molar-refractivity contribution < 1.29 is 14.3 Å². The number of amides is 2. The third-order valence-corrected chi connectivity index (χ3v) is 7.57. The number of carbonyl (C=O) groups excluding carboxylic acids is 2. The maximum atomic E-state index is 13.4. The molecule has 2 aliphatic rings. The second-order valence-corrected chi connectivity index (χ2v) is 10.6. The third-order valence-electron chi connectivity index (χ3n) is 7.57. The van der Waals surface area contributed by atoms with Crippen molar-refractivity contribution >= 4 is 17.8 Å². The van der Waals surface area contributed by atoms with Crippen LogP contribution in [0.1, 0.15) is 93.4 Å². The monoisotopic (exact) mass is 500 g/mol. The van der Waals surface area contributed by atoms with Crippen LogP contribution >= 0.6 is 0 Å². The average molecular weight is 501 g/mol. The minimum absolute atomic E-state index is 0.0519. The van der Waals surface area contributed by atoms with Crippen LogP contribution in [0.4, 0.5) is 0 Å². The number of hydrogen-bond donors (Lipinski definition) is 3. The Hall–Kier alpha value is -3.79. The molecule has 3 N–H and O–H groups in total. The number of nitrogens with zero attached hydrogens (tertiary/aromatic N) is 1. The number of fused-ring (bicyclic) bond motifs is 1. The molecule has 2 aromatic carbocycles. The molecule has 4 rings (SSSR count). The molecule has 7 nitrogen and oxygen atoms in total. The van der Waals surface area contributed by atoms with Gasteiger partial charge in [-0.15, -0.1) is 12.3 Å². The second-order valence-electron chi connectivity index (χ2n) is 10.6. The standard InChI is InChI=1S/C30H36N4O3/c1-6-12-24(34-26(35)19-30(7-2,8-3)33-28(34)31)20-13-11-14-21(17-20)27(36)32-23-18-29(4,5)37-25-16-10-9-15-22(23)25/h1,9-11,13-17,23-24H,7-8,12,18-19H2,2-5H3,(H2,31,33)(H,32,36)/t23?,24-/m0/s1. The molecule has 0 bridgehead atoms. The van der Waals surface area contributed by atoms with E-state index in [1.807, 2.05) is 58.0 Å². The lowest BCUT2D eigenvalue weighted by molar-refractivity contribution is -0.132. The van der Waals surface area contributed by atoms with E-state index in [-0.39, 0.29) is 30.2 Å². The number of carbonyl (C=O) groups is 2. The van der Waals surface area contributed by atoms with Gasteiger partial charge < -0.3 is 15.4 Å². The van der Waals surface area contributed by atoms with Gasteiger partial charge in [-0.1, -0.05) is 44.2 Å². The zero-order valence-corrected chi connectivity index (χ0v) is 22.1. The zero-order chi connectivity index (χ0) is 26.8. The van der Waals surface area contributed by atoms with Crippen molar-refractivity contribution in [3.05, 3.63) is 65.2 Å². The SMILES string of the molecule is C#CC[C@@H](c1cccc(C(=O)NC2CC(C)(C)Oc3ccccc32)c1)N1C(=N)NC(CC)(CC)CC1=O. The molecule has 0 saturated carbocycles. The van der Waals surface area contributed by atoms with Crippen LogP contribution in [-0.4, -0.2) is 33.8 Å². The molecule has 2 atom stereocenters. The van der Waals surface area contributed by atoms with Gasteiger partial charge in [0, 0.05) is 29.5 Å². The van der Waals surface area contributed by atoms with Crippen LogP contribution in [-0.2, 0) is 4.79 Å². The number of guanidine groups is 1. The summed E-state index contributed by atoms with van der Waals surface area (Å²) >= 11 is 0. The van der Waals surface area contributed by atoms with Crippen molar-refractivity contribution in [3.63, 3.8) is 0 Å². The summed E-state index contributed by atoms with van der Waals surface area (Å²) in [7, 11) is 0. The van der Waals surface area contributed by atoms with E-state index in [0.29, 0.717) is 18.4 Å². The Morgan fingerprint density at radius 2 is 1.97 bits per heavy atom. The fraction of sp³-hybridized carbons (Fsp3) is 0.433. The minimum atomic E-state index is -0.542. The Morgan fingerprint density at radius 1 is 1.24 bits per heavy atom. The predicted molar refractivity (Wildman–Crippen MR) is 144 cm³/mol. The van der Waals surface area contributed by atoms with Gasteiger partial charge in [-0.3, -0.25) is 19.9 Å². The van der Waals surface area contributed by atoms with Crippen LogP contribution in [0.15, 0.2) is 48.5 Å². The van der Waals surface area contributed by atoms with Gasteiger partial charge in [-0.05, 0) is 50.5 Å². The van der Waals surface area contributed by atoms with E-state index in [4.69, 9.17) is 16.6 Å². The molecule has 2 amide bonds. The topological polar surface area (TPSA) is 94.5 Å².